The van der Waals surface area contributed by atoms with Crippen LogP contribution in [0.1, 0.15) is 52.4 Å². The number of phenols is 1. The van der Waals surface area contributed by atoms with E-state index in [0.29, 0.717) is 24.3 Å². The summed E-state index contributed by atoms with van der Waals surface area (Å²) in [7, 11) is -3.90. The van der Waals surface area contributed by atoms with E-state index in [1.54, 1.807) is 24.3 Å². The molecule has 0 saturated carbocycles. The predicted molar refractivity (Wildman–Crippen MR) is 210 cm³/mol. The minimum Gasteiger partial charge on any atom is -0.507 e. The summed E-state index contributed by atoms with van der Waals surface area (Å²) in [6.07, 6.45) is -2.48. The number of sulfonamides is 1. The van der Waals surface area contributed by atoms with Gasteiger partial charge in [0.2, 0.25) is 15.9 Å². The predicted octanol–water partition coefficient (Wildman–Crippen LogP) is 7.89. The Hall–Kier alpha value is -5.32. The number of amides is 2. The number of thioether (sulfide) groups is 1. The number of aromatic nitrogens is 2. The molecule has 2 aliphatic rings. The molecule has 1 saturated heterocycles. The van der Waals surface area contributed by atoms with Crippen molar-refractivity contribution < 1.29 is 45.8 Å². The fraction of sp³-hybridized carbons (Fsp3) is 0.293. The number of halogens is 3. The number of aryl methyl sites for hydroxylation is 1. The number of primary sulfonamides is 1. The average molecular weight is 823 g/mol. The zero-order valence-electron chi connectivity index (χ0n) is 31.7. The van der Waals surface area contributed by atoms with Crippen molar-refractivity contribution in [1.29, 1.82) is 0 Å². The summed E-state index contributed by atoms with van der Waals surface area (Å²) in [6, 6.07) is 20.7. The zero-order chi connectivity index (χ0) is 41.4. The van der Waals surface area contributed by atoms with E-state index >= 15 is 0 Å². The van der Waals surface area contributed by atoms with Crippen LogP contribution in [0.5, 0.6) is 17.2 Å². The Morgan fingerprint density at radius 3 is 2.21 bits per heavy atom. The van der Waals surface area contributed by atoms with E-state index in [4.69, 9.17) is 14.6 Å². The van der Waals surface area contributed by atoms with Gasteiger partial charge in [0.25, 0.3) is 5.24 Å². The first kappa shape index (κ1) is 41.3. The second kappa shape index (κ2) is 15.9. The van der Waals surface area contributed by atoms with E-state index in [0.717, 1.165) is 80.2 Å². The van der Waals surface area contributed by atoms with Crippen LogP contribution >= 0.6 is 11.8 Å². The molecule has 4 aromatic carbocycles. The maximum Gasteiger partial charge on any atom is 0.435 e. The smallest absolute Gasteiger partial charge is 0.435 e. The molecule has 7 rings (SSSR count). The molecule has 2 atom stereocenters. The molecule has 0 bridgehead atoms. The number of nitrogens with one attached hydrogen (secondary N) is 1. The van der Waals surface area contributed by atoms with Gasteiger partial charge in [-0.25, -0.2) is 18.2 Å². The van der Waals surface area contributed by atoms with Crippen molar-refractivity contribution >= 4 is 32.9 Å². The Labute approximate surface area is 332 Å². The summed E-state index contributed by atoms with van der Waals surface area (Å²) in [5.74, 6) is 1.72. The van der Waals surface area contributed by atoms with Gasteiger partial charge >= 0.3 is 6.18 Å². The molecule has 1 fully saturated rings. The van der Waals surface area contributed by atoms with Crippen LogP contribution in [-0.2, 0) is 33.8 Å². The van der Waals surface area contributed by atoms with Gasteiger partial charge in [0.15, 0.2) is 5.69 Å². The van der Waals surface area contributed by atoms with E-state index in [2.05, 4.69) is 10.4 Å². The first-order chi connectivity index (χ1) is 26.7. The maximum absolute atomic E-state index is 13.1. The van der Waals surface area contributed by atoms with Gasteiger partial charge in [-0.1, -0.05) is 53.7 Å². The quantitative estimate of drug-likeness (QED) is 0.141. The molecule has 2 amide bonds. The van der Waals surface area contributed by atoms with Crippen LogP contribution in [0, 0.1) is 27.7 Å². The number of phenolic OH excluding ortho intramolecular Hbond substituents is 1. The van der Waals surface area contributed by atoms with Crippen molar-refractivity contribution in [3.63, 3.8) is 0 Å². The van der Waals surface area contributed by atoms with Crippen molar-refractivity contribution in [2.45, 2.75) is 75.8 Å². The number of imide groups is 1. The molecule has 2 unspecified atom stereocenters. The number of carbonyl (C=O) groups is 2. The normalized spacial score (nSPS) is 17.9. The lowest BCUT2D eigenvalue weighted by Gasteiger charge is -2.37. The van der Waals surface area contributed by atoms with Crippen LogP contribution < -0.4 is 19.9 Å². The van der Waals surface area contributed by atoms with Crippen molar-refractivity contribution in [3.05, 3.63) is 118 Å². The first-order valence-electron chi connectivity index (χ1n) is 17.8. The molecular weight excluding hydrogens is 782 g/mol. The van der Waals surface area contributed by atoms with Gasteiger partial charge in [-0.3, -0.25) is 14.9 Å². The molecular formula is C41H41F3N4O7S2. The number of ether oxygens (including phenoxy) is 2. The highest BCUT2D eigenvalue weighted by molar-refractivity contribution is 8.15. The van der Waals surface area contributed by atoms with Crippen LogP contribution in [0.4, 0.5) is 18.0 Å². The van der Waals surface area contributed by atoms with Gasteiger partial charge in [-0.05, 0) is 119 Å². The van der Waals surface area contributed by atoms with Crippen molar-refractivity contribution in [2.24, 2.45) is 5.14 Å². The van der Waals surface area contributed by atoms with Gasteiger partial charge in [0, 0.05) is 11.1 Å². The summed E-state index contributed by atoms with van der Waals surface area (Å²) in [6.45, 7) is 10.2. The molecule has 1 aromatic heterocycles. The molecule has 4 N–H and O–H groups in total. The SMILES string of the molecule is Cc1c(C)c2c(c(C)c1O)CCC(C)(COc1ccc(CC3SC(=O)NC3=O)cc1)O2.Cc1ccc(-c2cc(C(F)(F)F)nn2-c2ccc(S(N)(=O)=O)cc2)cc1. The largest absolute Gasteiger partial charge is 0.507 e. The molecule has 0 aliphatic carbocycles. The second-order valence-corrected chi connectivity index (χ2v) is 17.1. The van der Waals surface area contributed by atoms with E-state index in [9.17, 15) is 36.3 Å². The lowest BCUT2D eigenvalue weighted by atomic mass is 9.87. The maximum atomic E-state index is 13.1. The summed E-state index contributed by atoms with van der Waals surface area (Å²) in [5.41, 5.74) is 5.31. The summed E-state index contributed by atoms with van der Waals surface area (Å²) in [5, 5.41) is 20.7. The van der Waals surface area contributed by atoms with Crippen LogP contribution in [-0.4, -0.2) is 51.9 Å². The Kier molecular flexibility index (Phi) is 11.5. The highest BCUT2D eigenvalue weighted by atomic mass is 32.2. The van der Waals surface area contributed by atoms with E-state index < -0.39 is 27.5 Å². The third kappa shape index (κ3) is 9.29. The monoisotopic (exact) mass is 822 g/mol. The topological polar surface area (TPSA) is 163 Å². The lowest BCUT2D eigenvalue weighted by molar-refractivity contribution is -0.141. The number of aromatic hydroxyl groups is 1. The number of fused-ring (bicyclic) bond motifs is 1. The number of carbonyl (C=O) groups excluding carboxylic acids is 2. The van der Waals surface area contributed by atoms with Gasteiger partial charge in [-0.15, -0.1) is 0 Å². The Morgan fingerprint density at radius 1 is 0.982 bits per heavy atom. The molecule has 300 valence electrons. The molecule has 11 nitrogen and oxygen atoms in total. The third-order valence-electron chi connectivity index (χ3n) is 10.0. The minimum absolute atomic E-state index is 0.138. The highest BCUT2D eigenvalue weighted by Gasteiger charge is 2.37. The Bertz CT molecular complexity index is 2430. The van der Waals surface area contributed by atoms with E-state index in [-0.39, 0.29) is 32.7 Å². The van der Waals surface area contributed by atoms with Gasteiger partial charge in [0.1, 0.15) is 29.5 Å². The van der Waals surface area contributed by atoms with Crippen molar-refractivity contribution in [2.75, 3.05) is 6.61 Å². The number of alkyl halides is 3. The number of hydrogen-bond acceptors (Lipinski definition) is 9. The van der Waals surface area contributed by atoms with Crippen LogP contribution in [0.25, 0.3) is 16.9 Å². The van der Waals surface area contributed by atoms with Crippen molar-refractivity contribution in [3.8, 4) is 34.2 Å². The van der Waals surface area contributed by atoms with Gasteiger partial charge in [-0.2, -0.15) is 18.3 Å². The van der Waals surface area contributed by atoms with Gasteiger partial charge < -0.3 is 14.6 Å². The Balaban J connectivity index is 0.000000196. The zero-order valence-corrected chi connectivity index (χ0v) is 33.4. The van der Waals surface area contributed by atoms with Crippen LogP contribution in [0.3, 0.4) is 0 Å². The molecule has 57 heavy (non-hydrogen) atoms. The lowest BCUT2D eigenvalue weighted by Crippen LogP contribution is -2.42. The number of nitrogens with zero attached hydrogens (tertiary/aromatic N) is 2. The fourth-order valence-electron chi connectivity index (χ4n) is 6.52. The van der Waals surface area contributed by atoms with Gasteiger partial charge in [0.05, 0.1) is 21.5 Å². The third-order valence-corrected chi connectivity index (χ3v) is 11.9. The molecule has 2 aliphatic heterocycles. The molecule has 0 radical (unpaired) electrons. The molecule has 16 heteroatoms. The van der Waals surface area contributed by atoms with Crippen LogP contribution in [0.2, 0.25) is 0 Å². The highest BCUT2D eigenvalue weighted by Crippen LogP contribution is 2.43. The molecule has 3 heterocycles. The molecule has 5 aromatic rings. The minimum atomic E-state index is -4.61. The second-order valence-electron chi connectivity index (χ2n) is 14.3. The Morgan fingerprint density at radius 2 is 1.63 bits per heavy atom. The molecule has 0 spiro atoms. The fourth-order valence-corrected chi connectivity index (χ4v) is 7.89. The number of benzene rings is 4. The standard InChI is InChI=1S/C24H27NO5S.C17H14F3N3O2S/c1-13-14(2)21-18(15(3)20(13)26)9-10-24(4,30-21)12-29-17-7-5-16(6-8-17)11-19-22(27)25-23(28)31-19;1-11-2-4-12(5-3-11)15-10-16(17(18,19)20)22-23(15)13-6-8-14(9-7-13)26(21,24)25/h5-8,19,26H,9-12H2,1-4H3,(H,25,27,28);2-10H,1H3,(H2,21,24,25). The average Bonchev–Trinajstić information content (AvgIpc) is 3.76. The van der Waals surface area contributed by atoms with Crippen LogP contribution in [0.15, 0.2) is 83.8 Å². The summed E-state index contributed by atoms with van der Waals surface area (Å²) < 4.78 is 75.6. The number of rotatable bonds is 8. The number of nitrogens with two attached hydrogens (primary N) is 1. The number of hydrogen-bond donors (Lipinski definition) is 3. The summed E-state index contributed by atoms with van der Waals surface area (Å²) >= 11 is 1.04. The first-order valence-corrected chi connectivity index (χ1v) is 20.3. The summed E-state index contributed by atoms with van der Waals surface area (Å²) in [4.78, 5) is 22.9. The van der Waals surface area contributed by atoms with E-state index in [1.165, 1.54) is 24.3 Å². The van der Waals surface area contributed by atoms with E-state index in [1.807, 2.05) is 58.9 Å². The van der Waals surface area contributed by atoms with Crippen molar-refractivity contribution in [1.82, 2.24) is 15.1 Å².